The molecular formula is C16H15NO2. The minimum Gasteiger partial charge on any atom is -0.270 e. The average Bonchev–Trinajstić information content (AvgIpc) is 2.80. The molecule has 96 valence electrons. The molecule has 1 aromatic rings. The molecule has 2 fully saturated rings. The summed E-state index contributed by atoms with van der Waals surface area (Å²) in [6.45, 7) is 0.439. The number of hydrogen-bond donors (Lipinski definition) is 0. The van der Waals surface area contributed by atoms with Gasteiger partial charge in [0.25, 0.3) is 11.8 Å². The summed E-state index contributed by atoms with van der Waals surface area (Å²) in [6.07, 6.45) is 6.02. The number of nitrogens with zero attached hydrogens (tertiary/aromatic N) is 1. The third kappa shape index (κ3) is 1.51. The molecule has 2 atom stereocenters. The predicted octanol–water partition coefficient (Wildman–Crippen LogP) is 2.64. The number of hydrogen-bond acceptors (Lipinski definition) is 2. The van der Waals surface area contributed by atoms with Gasteiger partial charge in [0.05, 0.1) is 11.1 Å². The van der Waals surface area contributed by atoms with E-state index >= 15 is 0 Å². The van der Waals surface area contributed by atoms with Crippen molar-refractivity contribution in [3.05, 3.63) is 47.0 Å². The lowest BCUT2D eigenvalue weighted by Crippen LogP contribution is -2.29. The molecule has 0 bridgehead atoms. The van der Waals surface area contributed by atoms with Crippen LogP contribution in [0.15, 0.2) is 35.9 Å². The summed E-state index contributed by atoms with van der Waals surface area (Å²) in [5.41, 5.74) is 2.56. The van der Waals surface area contributed by atoms with Crippen molar-refractivity contribution in [3.8, 4) is 0 Å². The Hall–Kier alpha value is -1.90. The minimum atomic E-state index is -0.150. The molecule has 1 aliphatic heterocycles. The number of carbonyl (C=O) groups excluding carboxylic acids is 2. The van der Waals surface area contributed by atoms with Crippen molar-refractivity contribution in [2.75, 3.05) is 6.54 Å². The summed E-state index contributed by atoms with van der Waals surface area (Å²) in [5.74, 6) is 1.22. The van der Waals surface area contributed by atoms with Crippen molar-refractivity contribution in [2.24, 2.45) is 11.8 Å². The second kappa shape index (κ2) is 3.80. The molecule has 0 saturated heterocycles. The Morgan fingerprint density at radius 1 is 1.05 bits per heavy atom. The molecule has 1 heterocycles. The number of amides is 2. The lowest BCUT2D eigenvalue weighted by Gasteiger charge is -2.10. The highest BCUT2D eigenvalue weighted by molar-refractivity contribution is 6.21. The van der Waals surface area contributed by atoms with E-state index in [-0.39, 0.29) is 11.8 Å². The Morgan fingerprint density at radius 2 is 1.63 bits per heavy atom. The lowest BCUT2D eigenvalue weighted by atomic mass is 10.1. The van der Waals surface area contributed by atoms with E-state index in [9.17, 15) is 9.59 Å². The van der Waals surface area contributed by atoms with Crippen LogP contribution < -0.4 is 0 Å². The molecule has 3 nitrogen and oxygen atoms in total. The normalized spacial score (nSPS) is 27.6. The number of benzene rings is 1. The first-order valence-electron chi connectivity index (χ1n) is 6.92. The fourth-order valence-corrected chi connectivity index (χ4v) is 3.60. The van der Waals surface area contributed by atoms with E-state index in [0.717, 1.165) is 11.8 Å². The Balaban J connectivity index is 1.55. The molecule has 0 spiro atoms. The fraction of sp³-hybridized carbons (Fsp3) is 0.375. The standard InChI is InChI=1S/C16H15NO2/c18-15-13-4-1-2-5-14(13)16(19)17(15)9-8-12-10-6-3-7-11(10)12/h1-2,4-5,8,10-11H,3,6-7,9H2. The third-order valence-corrected chi connectivity index (χ3v) is 4.65. The maximum Gasteiger partial charge on any atom is 0.261 e. The number of allylic oxidation sites excluding steroid dienone is 1. The topological polar surface area (TPSA) is 37.4 Å². The Bertz CT molecular complexity index is 570. The quantitative estimate of drug-likeness (QED) is 0.600. The van der Waals surface area contributed by atoms with Gasteiger partial charge in [0, 0.05) is 6.54 Å². The van der Waals surface area contributed by atoms with Gasteiger partial charge in [-0.25, -0.2) is 0 Å². The predicted molar refractivity (Wildman–Crippen MR) is 70.7 cm³/mol. The van der Waals surface area contributed by atoms with Crippen molar-refractivity contribution >= 4 is 11.8 Å². The molecule has 3 heteroatoms. The lowest BCUT2D eigenvalue weighted by molar-refractivity contribution is 0.0672. The second-order valence-electron chi connectivity index (χ2n) is 5.61. The Kier molecular flexibility index (Phi) is 2.19. The highest BCUT2D eigenvalue weighted by atomic mass is 16.2. The van der Waals surface area contributed by atoms with Crippen molar-refractivity contribution < 1.29 is 9.59 Å². The zero-order valence-corrected chi connectivity index (χ0v) is 10.6. The Morgan fingerprint density at radius 3 is 2.21 bits per heavy atom. The smallest absolute Gasteiger partial charge is 0.261 e. The van der Waals surface area contributed by atoms with Crippen LogP contribution in [0.3, 0.4) is 0 Å². The monoisotopic (exact) mass is 253 g/mol. The summed E-state index contributed by atoms with van der Waals surface area (Å²) in [5, 5.41) is 0. The van der Waals surface area contributed by atoms with Crippen LogP contribution in [0.5, 0.6) is 0 Å². The first kappa shape index (κ1) is 11.0. The summed E-state index contributed by atoms with van der Waals surface area (Å²) >= 11 is 0. The molecule has 0 radical (unpaired) electrons. The highest BCUT2D eigenvalue weighted by Gasteiger charge is 2.47. The molecule has 0 aromatic heterocycles. The van der Waals surface area contributed by atoms with Crippen LogP contribution in [0.1, 0.15) is 40.0 Å². The van der Waals surface area contributed by atoms with Crippen LogP contribution in [0.4, 0.5) is 0 Å². The van der Waals surface area contributed by atoms with Gasteiger partial charge in [-0.15, -0.1) is 0 Å². The van der Waals surface area contributed by atoms with Gasteiger partial charge in [-0.05, 0) is 36.8 Å². The van der Waals surface area contributed by atoms with Gasteiger partial charge in [0.2, 0.25) is 0 Å². The first-order valence-corrected chi connectivity index (χ1v) is 6.92. The minimum absolute atomic E-state index is 0.150. The van der Waals surface area contributed by atoms with Crippen LogP contribution >= 0.6 is 0 Å². The van der Waals surface area contributed by atoms with Crippen LogP contribution in [0.2, 0.25) is 0 Å². The summed E-state index contributed by atoms with van der Waals surface area (Å²) in [4.78, 5) is 25.7. The third-order valence-electron chi connectivity index (χ3n) is 4.65. The molecule has 1 aromatic carbocycles. The summed E-state index contributed by atoms with van der Waals surface area (Å²) in [7, 11) is 0. The van der Waals surface area contributed by atoms with Crippen molar-refractivity contribution in [1.29, 1.82) is 0 Å². The SMILES string of the molecule is O=C1c2ccccc2C(=O)N1CC=C1C2CCCC12. The van der Waals surface area contributed by atoms with Gasteiger partial charge in [0.1, 0.15) is 0 Å². The van der Waals surface area contributed by atoms with E-state index in [1.165, 1.54) is 29.7 Å². The molecule has 3 aliphatic rings. The summed E-state index contributed by atoms with van der Waals surface area (Å²) < 4.78 is 0. The molecule has 2 unspecified atom stereocenters. The van der Waals surface area contributed by atoms with E-state index < -0.39 is 0 Å². The summed E-state index contributed by atoms with van der Waals surface area (Å²) in [6, 6.07) is 7.07. The fourth-order valence-electron chi connectivity index (χ4n) is 3.60. The maximum absolute atomic E-state index is 12.2. The van der Waals surface area contributed by atoms with Gasteiger partial charge in [-0.2, -0.15) is 0 Å². The molecule has 2 amide bonds. The van der Waals surface area contributed by atoms with Crippen molar-refractivity contribution in [1.82, 2.24) is 4.90 Å². The number of rotatable bonds is 2. The number of fused-ring (bicyclic) bond motifs is 2. The highest BCUT2D eigenvalue weighted by Crippen LogP contribution is 2.56. The zero-order chi connectivity index (χ0) is 13.0. The van der Waals surface area contributed by atoms with Crippen LogP contribution in [-0.2, 0) is 0 Å². The zero-order valence-electron chi connectivity index (χ0n) is 10.6. The number of imide groups is 1. The maximum atomic E-state index is 12.2. The Labute approximate surface area is 111 Å². The molecule has 4 rings (SSSR count). The van der Waals surface area contributed by atoms with Crippen LogP contribution in [0.25, 0.3) is 0 Å². The van der Waals surface area contributed by atoms with Crippen molar-refractivity contribution in [3.63, 3.8) is 0 Å². The van der Waals surface area contributed by atoms with Gasteiger partial charge in [-0.3, -0.25) is 14.5 Å². The molecule has 2 saturated carbocycles. The van der Waals surface area contributed by atoms with E-state index in [2.05, 4.69) is 6.08 Å². The van der Waals surface area contributed by atoms with Crippen LogP contribution in [-0.4, -0.2) is 23.3 Å². The van der Waals surface area contributed by atoms with Gasteiger partial charge >= 0.3 is 0 Å². The van der Waals surface area contributed by atoms with E-state index in [4.69, 9.17) is 0 Å². The molecule has 19 heavy (non-hydrogen) atoms. The average molecular weight is 253 g/mol. The van der Waals surface area contributed by atoms with E-state index in [0.29, 0.717) is 17.7 Å². The largest absolute Gasteiger partial charge is 0.270 e. The van der Waals surface area contributed by atoms with E-state index in [1.54, 1.807) is 24.3 Å². The molecule has 2 aliphatic carbocycles. The molecular weight excluding hydrogens is 238 g/mol. The molecule has 0 N–H and O–H groups in total. The van der Waals surface area contributed by atoms with Crippen molar-refractivity contribution in [2.45, 2.75) is 19.3 Å². The van der Waals surface area contributed by atoms with Gasteiger partial charge in [0.15, 0.2) is 0 Å². The first-order chi connectivity index (χ1) is 9.27. The van der Waals surface area contributed by atoms with Crippen LogP contribution in [0, 0.1) is 11.8 Å². The number of carbonyl (C=O) groups is 2. The van der Waals surface area contributed by atoms with Gasteiger partial charge in [-0.1, -0.05) is 30.2 Å². The van der Waals surface area contributed by atoms with Gasteiger partial charge < -0.3 is 0 Å². The van der Waals surface area contributed by atoms with E-state index in [1.807, 2.05) is 0 Å². The second-order valence-corrected chi connectivity index (χ2v) is 5.61.